The van der Waals surface area contributed by atoms with Gasteiger partial charge in [-0.3, -0.25) is 4.79 Å². The van der Waals surface area contributed by atoms with Crippen molar-refractivity contribution in [3.05, 3.63) is 83.2 Å². The van der Waals surface area contributed by atoms with Gasteiger partial charge in [0.15, 0.2) is 0 Å². The van der Waals surface area contributed by atoms with E-state index in [9.17, 15) is 13.6 Å². The molecule has 10 heteroatoms. The number of ether oxygens (including phenoxy) is 1. The van der Waals surface area contributed by atoms with E-state index in [0.717, 1.165) is 5.56 Å². The predicted octanol–water partition coefficient (Wildman–Crippen LogP) is 3.81. The fraction of sp³-hybridized carbons (Fsp3) is 0.280. The van der Waals surface area contributed by atoms with E-state index in [-0.39, 0.29) is 30.3 Å². The average molecular weight is 498 g/mol. The Morgan fingerprint density at radius 3 is 2.60 bits per heavy atom. The summed E-state index contributed by atoms with van der Waals surface area (Å²) >= 11 is 4.97. The highest BCUT2D eigenvalue weighted by atomic mass is 32.1. The molecule has 1 aliphatic heterocycles. The van der Waals surface area contributed by atoms with Crippen LogP contribution in [0.5, 0.6) is 0 Å². The summed E-state index contributed by atoms with van der Waals surface area (Å²) in [6.45, 7) is 3.05. The van der Waals surface area contributed by atoms with Gasteiger partial charge in [0.05, 0.1) is 30.0 Å². The number of nitrogens with zero attached hydrogens (tertiary/aromatic N) is 4. The molecule has 0 spiro atoms. The molecule has 2 heterocycles. The lowest BCUT2D eigenvalue weighted by molar-refractivity contribution is -0.136. The highest BCUT2D eigenvalue weighted by Gasteiger charge is 2.22. The highest BCUT2D eigenvalue weighted by Crippen LogP contribution is 2.29. The molecular weight excluding hydrogens is 472 g/mol. The second-order valence-corrected chi connectivity index (χ2v) is 8.76. The molecule has 4 rings (SSSR count). The van der Waals surface area contributed by atoms with Gasteiger partial charge in [-0.25, -0.2) is 13.5 Å². The summed E-state index contributed by atoms with van der Waals surface area (Å²) in [5.74, 6) is -1.54. The maximum Gasteiger partial charge on any atom is 0.248 e. The molecule has 0 aliphatic carbocycles. The zero-order valence-electron chi connectivity index (χ0n) is 19.2. The topological polar surface area (TPSA) is 72.3 Å². The first-order valence-electron chi connectivity index (χ1n) is 11.1. The number of halogens is 2. The van der Waals surface area contributed by atoms with Crippen LogP contribution in [0, 0.1) is 11.6 Å². The Labute approximate surface area is 207 Å². The largest absolute Gasteiger partial charge is 0.374 e. The number of rotatable bonds is 8. The summed E-state index contributed by atoms with van der Waals surface area (Å²) in [4.78, 5) is 14.7. The van der Waals surface area contributed by atoms with Crippen molar-refractivity contribution in [2.45, 2.75) is 26.5 Å². The van der Waals surface area contributed by atoms with Crippen LogP contribution in [-0.4, -0.2) is 50.5 Å². The lowest BCUT2D eigenvalue weighted by atomic mass is 9.98. The smallest absolute Gasteiger partial charge is 0.248 e. The second kappa shape index (κ2) is 11.3. The van der Waals surface area contributed by atoms with Crippen LogP contribution in [0.2, 0.25) is 0 Å². The predicted molar refractivity (Wildman–Crippen MR) is 132 cm³/mol. The van der Waals surface area contributed by atoms with Gasteiger partial charge in [0.25, 0.3) is 0 Å². The lowest BCUT2D eigenvalue weighted by Crippen LogP contribution is -2.37. The monoisotopic (exact) mass is 497 g/mol. The summed E-state index contributed by atoms with van der Waals surface area (Å²) in [6.07, 6.45) is 3.61. The number of benzene rings is 2. The summed E-state index contributed by atoms with van der Waals surface area (Å²) < 4.78 is 36.7. The summed E-state index contributed by atoms with van der Waals surface area (Å²) in [7, 11) is 0. The van der Waals surface area contributed by atoms with Crippen LogP contribution in [0.15, 0.2) is 54.7 Å². The zero-order chi connectivity index (χ0) is 24.8. The third-order valence-electron chi connectivity index (χ3n) is 5.57. The number of amides is 1. The van der Waals surface area contributed by atoms with Crippen molar-refractivity contribution in [3.63, 3.8) is 0 Å². The molecule has 0 atom stereocenters. The van der Waals surface area contributed by atoms with E-state index in [0.29, 0.717) is 42.4 Å². The molecular formula is C25H25F2N5O2S. The molecule has 0 bridgehead atoms. The number of thiocarbonyl (C=S) groups is 1. The summed E-state index contributed by atoms with van der Waals surface area (Å²) in [5, 5.41) is 10.9. The van der Waals surface area contributed by atoms with Crippen LogP contribution >= 0.6 is 12.2 Å². The Morgan fingerprint density at radius 1 is 1.20 bits per heavy atom. The van der Waals surface area contributed by atoms with Gasteiger partial charge in [-0.15, -0.1) is 5.10 Å². The van der Waals surface area contributed by atoms with Crippen molar-refractivity contribution in [3.8, 4) is 5.69 Å². The quantitative estimate of drug-likeness (QED) is 0.477. The Hall–Kier alpha value is -3.50. The Morgan fingerprint density at radius 2 is 1.94 bits per heavy atom. The van der Waals surface area contributed by atoms with Crippen molar-refractivity contribution < 1.29 is 18.3 Å². The van der Waals surface area contributed by atoms with Gasteiger partial charge in [0.2, 0.25) is 5.91 Å². The van der Waals surface area contributed by atoms with Crippen LogP contribution in [0.3, 0.4) is 0 Å². The molecule has 2 aromatic carbocycles. The number of carbonyl (C=O) groups is 1. The van der Waals surface area contributed by atoms with Crippen LogP contribution in [0.4, 0.5) is 8.78 Å². The molecule has 0 saturated heterocycles. The van der Waals surface area contributed by atoms with Crippen LogP contribution in [0.25, 0.3) is 11.3 Å². The number of aromatic nitrogens is 3. The zero-order valence-corrected chi connectivity index (χ0v) is 20.0. The molecule has 35 heavy (non-hydrogen) atoms. The maximum atomic E-state index is 15.0. The van der Waals surface area contributed by atoms with Gasteiger partial charge in [-0.2, -0.15) is 0 Å². The van der Waals surface area contributed by atoms with Crippen molar-refractivity contribution >= 4 is 28.7 Å². The fourth-order valence-corrected chi connectivity index (χ4v) is 3.84. The molecule has 7 nitrogen and oxygen atoms in total. The molecule has 182 valence electrons. The lowest BCUT2D eigenvalue weighted by Gasteiger charge is -2.27. The Balaban J connectivity index is 1.38. The SMILES string of the molecule is CC(=S)NCc1cn(-c2cc(F)c(C3=CCN(C(=O)COCc4ccccc4)CC3)c(F)c2)nn1. The van der Waals surface area contributed by atoms with E-state index < -0.39 is 11.6 Å². The maximum absolute atomic E-state index is 15.0. The van der Waals surface area contributed by atoms with Crippen molar-refractivity contribution in [2.24, 2.45) is 0 Å². The molecule has 0 radical (unpaired) electrons. The van der Waals surface area contributed by atoms with Gasteiger partial charge >= 0.3 is 0 Å². The van der Waals surface area contributed by atoms with Crippen LogP contribution < -0.4 is 5.32 Å². The first kappa shape index (κ1) is 24.6. The molecule has 1 aromatic heterocycles. The third kappa shape index (κ3) is 6.34. The summed E-state index contributed by atoms with van der Waals surface area (Å²) in [5.41, 5.74) is 2.25. The number of hydrogen-bond donors (Lipinski definition) is 1. The number of hydrogen-bond acceptors (Lipinski definition) is 5. The van der Waals surface area contributed by atoms with Gasteiger partial charge in [0, 0.05) is 30.8 Å². The van der Waals surface area contributed by atoms with Crippen LogP contribution in [0.1, 0.15) is 30.2 Å². The molecule has 0 fully saturated rings. The van der Waals surface area contributed by atoms with Crippen LogP contribution in [-0.2, 0) is 22.7 Å². The van der Waals surface area contributed by atoms with Gasteiger partial charge in [-0.05, 0) is 24.5 Å². The minimum absolute atomic E-state index is 0.0467. The minimum atomic E-state index is -0.692. The van der Waals surface area contributed by atoms with Gasteiger partial charge < -0.3 is 15.0 Å². The first-order valence-corrected chi connectivity index (χ1v) is 11.6. The second-order valence-electron chi connectivity index (χ2n) is 8.15. The van der Waals surface area contributed by atoms with Crippen molar-refractivity contribution in [1.29, 1.82) is 0 Å². The van der Waals surface area contributed by atoms with E-state index in [4.69, 9.17) is 17.0 Å². The molecule has 0 unspecified atom stereocenters. The van der Waals surface area contributed by atoms with E-state index in [1.807, 2.05) is 30.3 Å². The molecule has 1 N–H and O–H groups in total. The fourth-order valence-electron chi connectivity index (χ4n) is 3.76. The molecule has 3 aromatic rings. The van der Waals surface area contributed by atoms with Crippen molar-refractivity contribution in [2.75, 3.05) is 19.7 Å². The normalized spacial score (nSPS) is 13.5. The standard InChI is InChI=1S/C25H25F2N5O2S/c1-17(35)28-13-20-14-32(30-29-20)21-11-22(26)25(23(27)12-21)19-7-9-31(10-8-19)24(33)16-34-15-18-5-3-2-4-6-18/h2-7,11-12,14H,8-10,13,15-16H2,1H3,(H,28,35). The minimum Gasteiger partial charge on any atom is -0.374 e. The van der Waals surface area contributed by atoms with Crippen molar-refractivity contribution in [1.82, 2.24) is 25.2 Å². The third-order valence-corrected chi connectivity index (χ3v) is 5.72. The molecule has 0 saturated carbocycles. The average Bonchev–Trinajstić information content (AvgIpc) is 3.32. The molecule has 1 aliphatic rings. The van der Waals surface area contributed by atoms with E-state index in [2.05, 4.69) is 15.6 Å². The number of carbonyl (C=O) groups excluding carboxylic acids is 1. The first-order chi connectivity index (χ1) is 16.9. The van der Waals surface area contributed by atoms with Gasteiger partial charge in [0.1, 0.15) is 23.9 Å². The Bertz CT molecular complexity index is 1220. The Kier molecular flexibility index (Phi) is 7.94. The van der Waals surface area contributed by atoms with E-state index in [1.54, 1.807) is 24.1 Å². The van der Waals surface area contributed by atoms with E-state index in [1.165, 1.54) is 16.8 Å². The van der Waals surface area contributed by atoms with E-state index >= 15 is 0 Å². The highest BCUT2D eigenvalue weighted by molar-refractivity contribution is 7.80. The summed E-state index contributed by atoms with van der Waals surface area (Å²) in [6, 6.07) is 12.0. The molecule has 1 amide bonds. The number of nitrogens with one attached hydrogen (secondary N) is 1. The van der Waals surface area contributed by atoms with Gasteiger partial charge in [-0.1, -0.05) is 53.8 Å².